The van der Waals surface area contributed by atoms with Gasteiger partial charge in [-0.1, -0.05) is 12.1 Å². The summed E-state index contributed by atoms with van der Waals surface area (Å²) in [5.74, 6) is 1.62. The zero-order valence-corrected chi connectivity index (χ0v) is 15.5. The number of anilines is 3. The number of nitrogens with one attached hydrogen (secondary N) is 1. The lowest BCUT2D eigenvalue weighted by Crippen LogP contribution is -2.49. The molecule has 1 aromatic heterocycles. The summed E-state index contributed by atoms with van der Waals surface area (Å²) < 4.78 is 5.06. The number of benzene rings is 1. The smallest absolute Gasteiger partial charge is 0.409 e. The molecule has 1 aromatic carbocycles. The molecule has 1 aliphatic rings. The van der Waals surface area contributed by atoms with Crippen LogP contribution in [0.1, 0.15) is 18.1 Å². The van der Waals surface area contributed by atoms with Crippen LogP contribution in [-0.2, 0) is 4.74 Å². The molecule has 2 aromatic rings. The number of aromatic nitrogens is 2. The van der Waals surface area contributed by atoms with Gasteiger partial charge in [0.2, 0.25) is 0 Å². The first-order valence-electron chi connectivity index (χ1n) is 8.90. The molecule has 0 spiro atoms. The van der Waals surface area contributed by atoms with Crippen LogP contribution in [0.4, 0.5) is 22.1 Å². The molecule has 0 bridgehead atoms. The van der Waals surface area contributed by atoms with Gasteiger partial charge < -0.3 is 19.9 Å². The predicted molar refractivity (Wildman–Crippen MR) is 102 cm³/mol. The zero-order chi connectivity index (χ0) is 18.5. The van der Waals surface area contributed by atoms with Gasteiger partial charge in [0, 0.05) is 37.9 Å². The fourth-order valence-corrected chi connectivity index (χ4v) is 2.93. The van der Waals surface area contributed by atoms with Gasteiger partial charge in [-0.25, -0.2) is 14.8 Å². The average molecular weight is 355 g/mol. The monoisotopic (exact) mass is 355 g/mol. The molecular weight excluding hydrogens is 330 g/mol. The van der Waals surface area contributed by atoms with Crippen LogP contribution < -0.4 is 10.2 Å². The first-order chi connectivity index (χ1) is 12.6. The van der Waals surface area contributed by atoms with Crippen molar-refractivity contribution in [1.82, 2.24) is 14.9 Å². The van der Waals surface area contributed by atoms with E-state index in [2.05, 4.69) is 52.2 Å². The lowest BCUT2D eigenvalue weighted by Gasteiger charge is -2.34. The first kappa shape index (κ1) is 18.0. The summed E-state index contributed by atoms with van der Waals surface area (Å²) in [4.78, 5) is 24.4. The highest BCUT2D eigenvalue weighted by atomic mass is 16.6. The second kappa shape index (κ2) is 8.03. The lowest BCUT2D eigenvalue weighted by atomic mass is 10.1. The van der Waals surface area contributed by atoms with E-state index in [1.807, 2.05) is 13.0 Å². The summed E-state index contributed by atoms with van der Waals surface area (Å²) in [7, 11) is 0. The fourth-order valence-electron chi connectivity index (χ4n) is 2.93. The molecule has 2 heterocycles. The van der Waals surface area contributed by atoms with E-state index in [-0.39, 0.29) is 6.09 Å². The van der Waals surface area contributed by atoms with E-state index in [0.717, 1.165) is 30.4 Å². The largest absolute Gasteiger partial charge is 0.450 e. The van der Waals surface area contributed by atoms with Crippen LogP contribution in [0, 0.1) is 13.8 Å². The van der Waals surface area contributed by atoms with E-state index >= 15 is 0 Å². The summed E-state index contributed by atoms with van der Waals surface area (Å²) in [6.07, 6.45) is 1.33. The van der Waals surface area contributed by atoms with Crippen LogP contribution in [-0.4, -0.2) is 53.7 Å². The normalized spacial score (nSPS) is 14.3. The molecule has 0 atom stereocenters. The summed E-state index contributed by atoms with van der Waals surface area (Å²) in [5, 5.41) is 3.37. The highest BCUT2D eigenvalue weighted by Crippen LogP contribution is 2.23. The van der Waals surface area contributed by atoms with Crippen LogP contribution in [0.5, 0.6) is 0 Å². The maximum Gasteiger partial charge on any atom is 0.409 e. The highest BCUT2D eigenvalue weighted by Gasteiger charge is 2.22. The fraction of sp³-hybridized carbons (Fsp3) is 0.421. The van der Waals surface area contributed by atoms with E-state index in [9.17, 15) is 4.79 Å². The maximum atomic E-state index is 11.8. The van der Waals surface area contributed by atoms with Gasteiger partial charge in [0.1, 0.15) is 18.0 Å². The third-order valence-electron chi connectivity index (χ3n) is 4.44. The Morgan fingerprint density at radius 3 is 2.65 bits per heavy atom. The Kier molecular flexibility index (Phi) is 5.55. The van der Waals surface area contributed by atoms with Gasteiger partial charge in [-0.2, -0.15) is 0 Å². The molecule has 0 aliphatic carbocycles. The summed E-state index contributed by atoms with van der Waals surface area (Å²) in [5.41, 5.74) is 3.41. The molecular formula is C19H25N5O2. The van der Waals surface area contributed by atoms with E-state index in [1.165, 1.54) is 11.1 Å². The van der Waals surface area contributed by atoms with Crippen molar-refractivity contribution in [3.05, 3.63) is 41.7 Å². The van der Waals surface area contributed by atoms with Crippen molar-refractivity contribution in [1.29, 1.82) is 0 Å². The van der Waals surface area contributed by atoms with Crippen molar-refractivity contribution in [3.8, 4) is 0 Å². The number of ether oxygens (including phenoxy) is 1. The Morgan fingerprint density at radius 1 is 1.15 bits per heavy atom. The van der Waals surface area contributed by atoms with Gasteiger partial charge in [0.25, 0.3) is 0 Å². The number of hydrogen-bond donors (Lipinski definition) is 1. The molecule has 138 valence electrons. The molecule has 0 radical (unpaired) electrons. The molecule has 26 heavy (non-hydrogen) atoms. The highest BCUT2D eigenvalue weighted by molar-refractivity contribution is 5.68. The van der Waals surface area contributed by atoms with Crippen LogP contribution >= 0.6 is 0 Å². The molecule has 1 aliphatic heterocycles. The Bertz CT molecular complexity index is 772. The predicted octanol–water partition coefficient (Wildman–Crippen LogP) is 3.12. The molecule has 1 N–H and O–H groups in total. The molecule has 1 saturated heterocycles. The van der Waals surface area contributed by atoms with Gasteiger partial charge in [-0.05, 0) is 38.0 Å². The van der Waals surface area contributed by atoms with Crippen LogP contribution in [0.15, 0.2) is 30.6 Å². The van der Waals surface area contributed by atoms with E-state index in [1.54, 1.807) is 11.2 Å². The summed E-state index contributed by atoms with van der Waals surface area (Å²) in [6, 6.07) is 8.24. The number of carbonyl (C=O) groups excluding carboxylic acids is 1. The molecule has 7 nitrogen and oxygen atoms in total. The maximum absolute atomic E-state index is 11.8. The topological polar surface area (TPSA) is 70.6 Å². The minimum absolute atomic E-state index is 0.243. The SMILES string of the molecule is CCOC(=O)N1CCN(c2cc(Nc3cc(C)ccc3C)ncn2)CC1. The van der Waals surface area contributed by atoms with Gasteiger partial charge in [0.05, 0.1) is 6.61 Å². The van der Waals surface area contributed by atoms with Crippen molar-refractivity contribution in [2.75, 3.05) is 43.0 Å². The molecule has 0 saturated carbocycles. The number of nitrogens with zero attached hydrogens (tertiary/aromatic N) is 4. The van der Waals surface area contributed by atoms with Gasteiger partial charge >= 0.3 is 6.09 Å². The minimum atomic E-state index is -0.243. The minimum Gasteiger partial charge on any atom is -0.450 e. The number of rotatable bonds is 4. The van der Waals surface area contributed by atoms with E-state index < -0.39 is 0 Å². The summed E-state index contributed by atoms with van der Waals surface area (Å²) in [6.45, 7) is 9.05. The quantitative estimate of drug-likeness (QED) is 0.909. The number of aryl methyl sites for hydroxylation is 2. The van der Waals surface area contributed by atoms with Crippen molar-refractivity contribution in [2.24, 2.45) is 0 Å². The standard InChI is InChI=1S/C19H25N5O2/c1-4-26-19(25)24-9-7-23(8-10-24)18-12-17(20-13-21-18)22-16-11-14(2)5-6-15(16)3/h5-6,11-13H,4,7-10H2,1-3H3,(H,20,21,22). The van der Waals surface area contributed by atoms with Crippen LogP contribution in [0.25, 0.3) is 0 Å². The van der Waals surface area contributed by atoms with E-state index in [0.29, 0.717) is 19.7 Å². The second-order valence-electron chi connectivity index (χ2n) is 6.38. The van der Waals surface area contributed by atoms with Crippen molar-refractivity contribution < 1.29 is 9.53 Å². The summed E-state index contributed by atoms with van der Waals surface area (Å²) >= 11 is 0. The lowest BCUT2D eigenvalue weighted by molar-refractivity contribution is 0.105. The molecule has 7 heteroatoms. The Labute approximate surface area is 154 Å². The molecule has 0 unspecified atom stereocenters. The van der Waals surface area contributed by atoms with Crippen molar-refractivity contribution in [2.45, 2.75) is 20.8 Å². The Hall–Kier alpha value is -2.83. The van der Waals surface area contributed by atoms with E-state index in [4.69, 9.17) is 4.74 Å². The molecule has 1 amide bonds. The Balaban J connectivity index is 1.66. The van der Waals surface area contributed by atoms with Crippen LogP contribution in [0.3, 0.4) is 0 Å². The molecule has 3 rings (SSSR count). The zero-order valence-electron chi connectivity index (χ0n) is 15.5. The number of carbonyl (C=O) groups is 1. The van der Waals surface area contributed by atoms with Crippen molar-refractivity contribution in [3.63, 3.8) is 0 Å². The Morgan fingerprint density at radius 2 is 1.92 bits per heavy atom. The van der Waals surface area contributed by atoms with Crippen molar-refractivity contribution >= 4 is 23.4 Å². The third-order valence-corrected chi connectivity index (χ3v) is 4.44. The number of hydrogen-bond acceptors (Lipinski definition) is 6. The number of amides is 1. The average Bonchev–Trinajstić information content (AvgIpc) is 2.65. The third kappa shape index (κ3) is 4.22. The van der Waals surface area contributed by atoms with Gasteiger partial charge in [-0.15, -0.1) is 0 Å². The van der Waals surface area contributed by atoms with Gasteiger partial charge in [0.15, 0.2) is 0 Å². The van der Waals surface area contributed by atoms with Gasteiger partial charge in [-0.3, -0.25) is 0 Å². The second-order valence-corrected chi connectivity index (χ2v) is 6.38. The number of piperazine rings is 1. The van der Waals surface area contributed by atoms with Crippen LogP contribution in [0.2, 0.25) is 0 Å². The first-order valence-corrected chi connectivity index (χ1v) is 8.90. The molecule has 1 fully saturated rings.